The van der Waals surface area contributed by atoms with E-state index in [4.69, 9.17) is 14.0 Å². The van der Waals surface area contributed by atoms with Crippen LogP contribution in [0.2, 0.25) is 0 Å². The van der Waals surface area contributed by atoms with Crippen molar-refractivity contribution in [2.24, 2.45) is 0 Å². The van der Waals surface area contributed by atoms with Gasteiger partial charge in [0.2, 0.25) is 0 Å². The smallest absolute Gasteiger partial charge is 0.382 e. The summed E-state index contributed by atoms with van der Waals surface area (Å²) in [6.07, 6.45) is -1.56. The minimum Gasteiger partial charge on any atom is -0.382 e. The fourth-order valence-electron chi connectivity index (χ4n) is 1.18. The van der Waals surface area contributed by atoms with Crippen molar-refractivity contribution in [3.63, 3.8) is 0 Å². The first kappa shape index (κ1) is 18.6. The summed E-state index contributed by atoms with van der Waals surface area (Å²) in [5.74, 6) is -4.94. The number of methoxy groups -OCH3 is 1. The lowest BCUT2D eigenvalue weighted by Gasteiger charge is -2.27. The van der Waals surface area contributed by atoms with Gasteiger partial charge in [-0.2, -0.15) is 26.0 Å². The third-order valence-electron chi connectivity index (χ3n) is 2.15. The van der Waals surface area contributed by atoms with Gasteiger partial charge in [0.15, 0.2) is 0 Å². The Hall–Kier alpha value is -0.450. The summed E-state index contributed by atoms with van der Waals surface area (Å²) in [6.45, 7) is 2.17. The molecule has 19 heavy (non-hydrogen) atoms. The Labute approximate surface area is 108 Å². The summed E-state index contributed by atoms with van der Waals surface area (Å²) in [7, 11) is -4.86. The molecular formula is C9H16F4O5S. The molecule has 0 bridgehead atoms. The van der Waals surface area contributed by atoms with Crippen LogP contribution in [0.25, 0.3) is 0 Å². The highest BCUT2D eigenvalue weighted by molar-refractivity contribution is 7.87. The van der Waals surface area contributed by atoms with Crippen molar-refractivity contribution in [2.45, 2.75) is 37.0 Å². The average molecular weight is 312 g/mol. The maximum absolute atomic E-state index is 13.1. The van der Waals surface area contributed by atoms with Crippen molar-refractivity contribution in [2.75, 3.05) is 20.3 Å². The van der Waals surface area contributed by atoms with E-state index in [9.17, 15) is 26.0 Å². The van der Waals surface area contributed by atoms with Crippen LogP contribution in [0.1, 0.15) is 20.3 Å². The maximum atomic E-state index is 13.1. The molecule has 0 fully saturated rings. The lowest BCUT2D eigenvalue weighted by atomic mass is 10.1. The summed E-state index contributed by atoms with van der Waals surface area (Å²) in [5.41, 5.74) is -0.988. The Morgan fingerprint density at radius 1 is 1.16 bits per heavy atom. The Kier molecular flexibility index (Phi) is 5.76. The van der Waals surface area contributed by atoms with Crippen LogP contribution in [0.5, 0.6) is 0 Å². The van der Waals surface area contributed by atoms with E-state index in [2.05, 4.69) is 0 Å². The van der Waals surface area contributed by atoms with Gasteiger partial charge in [0.05, 0.1) is 18.8 Å². The second-order valence-electron chi connectivity index (χ2n) is 4.49. The summed E-state index contributed by atoms with van der Waals surface area (Å²) >= 11 is 0. The normalized spacial score (nSPS) is 14.7. The molecule has 1 N–H and O–H groups in total. The lowest BCUT2D eigenvalue weighted by molar-refractivity contribution is -0.179. The van der Waals surface area contributed by atoms with E-state index in [0.29, 0.717) is 0 Å². The molecule has 0 heterocycles. The van der Waals surface area contributed by atoms with Crippen molar-refractivity contribution < 1.29 is 40.0 Å². The Bertz CT molecular complexity index is 393. The number of halogens is 4. The molecule has 0 aliphatic rings. The fourth-order valence-corrected chi connectivity index (χ4v) is 1.66. The number of rotatable bonds is 8. The zero-order valence-corrected chi connectivity index (χ0v) is 11.4. The predicted octanol–water partition coefficient (Wildman–Crippen LogP) is 1.93. The maximum Gasteiger partial charge on any atom is 0.431 e. The first-order valence-corrected chi connectivity index (χ1v) is 6.56. The molecule has 10 heteroatoms. The van der Waals surface area contributed by atoms with E-state index in [1.165, 1.54) is 21.0 Å². The molecule has 0 aromatic carbocycles. The van der Waals surface area contributed by atoms with Crippen LogP contribution in [0.15, 0.2) is 0 Å². The highest BCUT2D eigenvalue weighted by Crippen LogP contribution is 2.40. The van der Waals surface area contributed by atoms with Gasteiger partial charge in [-0.05, 0) is 13.8 Å². The Balaban J connectivity index is 4.65. The molecule has 0 rings (SSSR count). The first-order valence-electron chi connectivity index (χ1n) is 5.12. The van der Waals surface area contributed by atoms with Crippen LogP contribution in [-0.4, -0.2) is 50.1 Å². The molecule has 0 aliphatic carbocycles. The van der Waals surface area contributed by atoms with Gasteiger partial charge in [-0.15, -0.1) is 0 Å². The lowest BCUT2D eigenvalue weighted by Crippen LogP contribution is -2.47. The second-order valence-corrected chi connectivity index (χ2v) is 5.95. The zero-order chi connectivity index (χ0) is 15.5. The van der Waals surface area contributed by atoms with Crippen LogP contribution in [0.3, 0.4) is 0 Å². The van der Waals surface area contributed by atoms with Gasteiger partial charge in [0.25, 0.3) is 0 Å². The van der Waals surface area contributed by atoms with Crippen LogP contribution < -0.4 is 0 Å². The highest BCUT2D eigenvalue weighted by atomic mass is 32.2. The summed E-state index contributed by atoms with van der Waals surface area (Å²) in [4.78, 5) is 0. The van der Waals surface area contributed by atoms with Crippen molar-refractivity contribution in [3.05, 3.63) is 0 Å². The van der Waals surface area contributed by atoms with E-state index >= 15 is 0 Å². The molecule has 0 spiro atoms. The van der Waals surface area contributed by atoms with Crippen LogP contribution in [0, 0.1) is 0 Å². The van der Waals surface area contributed by atoms with E-state index in [0.717, 1.165) is 0 Å². The molecular weight excluding hydrogens is 296 g/mol. The van der Waals surface area contributed by atoms with Gasteiger partial charge in [-0.1, -0.05) is 0 Å². The number of ether oxygens (including phenoxy) is 2. The van der Waals surface area contributed by atoms with E-state index in [-0.39, 0.29) is 6.61 Å². The molecule has 0 unspecified atom stereocenters. The molecule has 0 radical (unpaired) electrons. The monoisotopic (exact) mass is 312 g/mol. The molecule has 0 aromatic rings. The molecule has 5 nitrogen and oxygen atoms in total. The molecule has 116 valence electrons. The van der Waals surface area contributed by atoms with Crippen molar-refractivity contribution in [1.82, 2.24) is 0 Å². The minimum atomic E-state index is -6.20. The van der Waals surface area contributed by atoms with Gasteiger partial charge in [0.1, 0.15) is 0 Å². The SMILES string of the molecule is COCC(C)(C)OCCC(F)(F)C(F)(F)S(=O)(=O)O. The predicted molar refractivity (Wildman–Crippen MR) is 58.0 cm³/mol. The first-order chi connectivity index (χ1) is 8.27. The summed E-state index contributed by atoms with van der Waals surface area (Å²) in [5, 5.41) is -5.56. The number of hydrogen-bond donors (Lipinski definition) is 1. The van der Waals surface area contributed by atoms with Crippen LogP contribution >= 0.6 is 0 Å². The largest absolute Gasteiger partial charge is 0.431 e. The molecule has 0 saturated carbocycles. The highest BCUT2D eigenvalue weighted by Gasteiger charge is 2.65. The van der Waals surface area contributed by atoms with Gasteiger partial charge in [-0.25, -0.2) is 0 Å². The minimum absolute atomic E-state index is 0.0350. The van der Waals surface area contributed by atoms with Gasteiger partial charge >= 0.3 is 21.3 Å². The standard InChI is InChI=1S/C9H16F4O5S/c1-7(2,6-17-3)18-5-4-8(10,11)9(12,13)19(14,15)16/h4-6H2,1-3H3,(H,14,15,16). The Morgan fingerprint density at radius 2 is 1.63 bits per heavy atom. The molecule has 0 aliphatic heterocycles. The van der Waals surface area contributed by atoms with Gasteiger partial charge in [-0.3, -0.25) is 4.55 Å². The topological polar surface area (TPSA) is 72.8 Å². The summed E-state index contributed by atoms with van der Waals surface area (Å²) < 4.78 is 89.9. The Morgan fingerprint density at radius 3 is 2.00 bits per heavy atom. The van der Waals surface area contributed by atoms with Gasteiger partial charge < -0.3 is 9.47 Å². The fraction of sp³-hybridized carbons (Fsp3) is 1.00. The molecule has 0 amide bonds. The quantitative estimate of drug-likeness (QED) is 0.548. The second kappa shape index (κ2) is 5.90. The van der Waals surface area contributed by atoms with Crippen LogP contribution in [-0.2, 0) is 19.6 Å². The van der Waals surface area contributed by atoms with E-state index in [1.807, 2.05) is 0 Å². The van der Waals surface area contributed by atoms with Crippen molar-refractivity contribution in [1.29, 1.82) is 0 Å². The molecule has 0 atom stereocenters. The van der Waals surface area contributed by atoms with Gasteiger partial charge in [0, 0.05) is 13.5 Å². The average Bonchev–Trinajstić information content (AvgIpc) is 2.14. The third kappa shape index (κ3) is 4.86. The van der Waals surface area contributed by atoms with Crippen molar-refractivity contribution >= 4 is 10.1 Å². The zero-order valence-electron chi connectivity index (χ0n) is 10.6. The summed E-state index contributed by atoms with van der Waals surface area (Å²) in [6, 6.07) is 0. The molecule has 0 aromatic heterocycles. The van der Waals surface area contributed by atoms with E-state index in [1.54, 1.807) is 0 Å². The third-order valence-corrected chi connectivity index (χ3v) is 3.10. The molecule has 0 saturated heterocycles. The van der Waals surface area contributed by atoms with Crippen molar-refractivity contribution in [3.8, 4) is 0 Å². The van der Waals surface area contributed by atoms with Crippen LogP contribution in [0.4, 0.5) is 17.6 Å². The number of alkyl halides is 4. The van der Waals surface area contributed by atoms with E-state index < -0.39 is 39.9 Å². The number of hydrogen-bond acceptors (Lipinski definition) is 4.